The summed E-state index contributed by atoms with van der Waals surface area (Å²) in [6.07, 6.45) is 0. The highest BCUT2D eigenvalue weighted by Crippen LogP contribution is 2.33. The number of aryl methyl sites for hydroxylation is 2. The smallest absolute Gasteiger partial charge is 0.252 e. The molecule has 0 bridgehead atoms. The fourth-order valence-corrected chi connectivity index (χ4v) is 5.72. The molecular weight excluding hydrogens is 492 g/mol. The number of Topliss-reactive ketones (excluding diaryl/α,β-unsaturated/α-hetero) is 1. The number of benzene rings is 3. The average Bonchev–Trinajstić information content (AvgIpc) is 3.33. The van der Waals surface area contributed by atoms with Crippen LogP contribution in [0.1, 0.15) is 39.5 Å². The SMILES string of the molecule is CC(=O)c1ccc(S(=O)(=O)N(Cc2ccc3c(c2)OCO3)Cc2cc3cc(C)c(C)cc3[nH]c2=O)cc1. The summed E-state index contributed by atoms with van der Waals surface area (Å²) in [5.41, 5.74) is 3.88. The first kappa shape index (κ1) is 24.7. The third kappa shape index (κ3) is 4.87. The summed E-state index contributed by atoms with van der Waals surface area (Å²) in [5, 5.41) is 0.823. The summed E-state index contributed by atoms with van der Waals surface area (Å²) in [4.78, 5) is 27.6. The number of H-pyrrole nitrogens is 1. The third-order valence-electron chi connectivity index (χ3n) is 6.58. The predicted molar refractivity (Wildman–Crippen MR) is 139 cm³/mol. The number of aromatic nitrogens is 1. The van der Waals surface area contributed by atoms with Gasteiger partial charge >= 0.3 is 0 Å². The molecule has 2 heterocycles. The van der Waals surface area contributed by atoms with Gasteiger partial charge in [0.05, 0.1) is 4.90 Å². The summed E-state index contributed by atoms with van der Waals surface area (Å²) in [6.45, 7) is 5.33. The van der Waals surface area contributed by atoms with Crippen molar-refractivity contribution >= 4 is 26.7 Å². The molecule has 8 nitrogen and oxygen atoms in total. The minimum atomic E-state index is -4.04. The molecule has 3 aromatic carbocycles. The van der Waals surface area contributed by atoms with E-state index in [0.29, 0.717) is 33.7 Å². The van der Waals surface area contributed by atoms with E-state index >= 15 is 0 Å². The van der Waals surface area contributed by atoms with Gasteiger partial charge in [-0.15, -0.1) is 0 Å². The van der Waals surface area contributed by atoms with Gasteiger partial charge in [0.2, 0.25) is 16.8 Å². The van der Waals surface area contributed by atoms with Gasteiger partial charge < -0.3 is 14.5 Å². The molecule has 1 aliphatic heterocycles. The Hall–Kier alpha value is -3.95. The molecule has 1 aliphatic rings. The van der Waals surface area contributed by atoms with Crippen molar-refractivity contribution in [2.45, 2.75) is 38.8 Å². The van der Waals surface area contributed by atoms with E-state index in [-0.39, 0.29) is 36.1 Å². The summed E-state index contributed by atoms with van der Waals surface area (Å²) in [6, 6.07) is 16.7. The van der Waals surface area contributed by atoms with Gasteiger partial charge in [-0.3, -0.25) is 9.59 Å². The largest absolute Gasteiger partial charge is 0.454 e. The van der Waals surface area contributed by atoms with Crippen molar-refractivity contribution in [1.82, 2.24) is 9.29 Å². The van der Waals surface area contributed by atoms with Crippen LogP contribution in [0.25, 0.3) is 10.9 Å². The van der Waals surface area contributed by atoms with E-state index < -0.39 is 10.0 Å². The molecule has 0 unspecified atom stereocenters. The maximum absolute atomic E-state index is 13.8. The molecule has 0 atom stereocenters. The number of nitrogens with one attached hydrogen (secondary N) is 1. The van der Waals surface area contributed by atoms with Crippen molar-refractivity contribution in [2.24, 2.45) is 0 Å². The molecule has 37 heavy (non-hydrogen) atoms. The van der Waals surface area contributed by atoms with Gasteiger partial charge in [-0.25, -0.2) is 8.42 Å². The van der Waals surface area contributed by atoms with Gasteiger partial charge in [0.25, 0.3) is 5.56 Å². The summed E-state index contributed by atoms with van der Waals surface area (Å²) >= 11 is 0. The highest BCUT2D eigenvalue weighted by molar-refractivity contribution is 7.89. The molecule has 0 radical (unpaired) electrons. The van der Waals surface area contributed by atoms with Crippen molar-refractivity contribution in [3.05, 3.63) is 98.8 Å². The number of carbonyl (C=O) groups excluding carboxylic acids is 1. The Morgan fingerprint density at radius 1 is 0.919 bits per heavy atom. The zero-order valence-corrected chi connectivity index (χ0v) is 21.5. The van der Waals surface area contributed by atoms with Crippen LogP contribution in [0.15, 0.2) is 70.4 Å². The number of ketones is 1. The molecule has 4 aromatic rings. The van der Waals surface area contributed by atoms with Crippen molar-refractivity contribution < 1.29 is 22.7 Å². The van der Waals surface area contributed by atoms with Crippen LogP contribution in [-0.4, -0.2) is 30.3 Å². The first-order valence-corrected chi connectivity index (χ1v) is 13.2. The van der Waals surface area contributed by atoms with E-state index in [2.05, 4.69) is 4.98 Å². The molecule has 190 valence electrons. The molecule has 0 spiro atoms. The van der Waals surface area contributed by atoms with Crippen LogP contribution in [0.5, 0.6) is 11.5 Å². The van der Waals surface area contributed by atoms with Gasteiger partial charge in [0.15, 0.2) is 17.3 Å². The minimum absolute atomic E-state index is 0.00215. The molecule has 0 saturated carbocycles. The van der Waals surface area contributed by atoms with Crippen molar-refractivity contribution in [2.75, 3.05) is 6.79 Å². The first-order valence-electron chi connectivity index (χ1n) is 11.7. The highest BCUT2D eigenvalue weighted by Gasteiger charge is 2.27. The Morgan fingerprint density at radius 2 is 1.62 bits per heavy atom. The van der Waals surface area contributed by atoms with E-state index in [4.69, 9.17) is 9.47 Å². The van der Waals surface area contributed by atoms with Gasteiger partial charge in [-0.05, 0) is 85.3 Å². The predicted octanol–water partition coefficient (Wildman–Crippen LogP) is 4.47. The molecule has 0 amide bonds. The number of hydrogen-bond donors (Lipinski definition) is 1. The number of carbonyl (C=O) groups is 1. The number of aromatic amines is 1. The number of fused-ring (bicyclic) bond motifs is 2. The van der Waals surface area contributed by atoms with Crippen LogP contribution >= 0.6 is 0 Å². The fraction of sp³-hybridized carbons (Fsp3) is 0.214. The zero-order valence-electron chi connectivity index (χ0n) is 20.7. The maximum atomic E-state index is 13.8. The quantitative estimate of drug-likeness (QED) is 0.362. The number of rotatable bonds is 7. The Morgan fingerprint density at radius 3 is 2.35 bits per heavy atom. The monoisotopic (exact) mass is 518 g/mol. The summed E-state index contributed by atoms with van der Waals surface area (Å²) in [7, 11) is -4.04. The minimum Gasteiger partial charge on any atom is -0.454 e. The van der Waals surface area contributed by atoms with Crippen LogP contribution in [-0.2, 0) is 23.1 Å². The Labute approximate surface area is 214 Å². The first-order chi connectivity index (χ1) is 17.6. The second-order valence-electron chi connectivity index (χ2n) is 9.19. The molecule has 5 rings (SSSR count). The number of sulfonamides is 1. The lowest BCUT2D eigenvalue weighted by molar-refractivity contribution is 0.101. The number of hydrogen-bond acceptors (Lipinski definition) is 6. The standard InChI is InChI=1S/C28H26N2O6S/c1-17-10-22-13-23(28(32)29-25(22)11-18(17)2)15-30(14-20-4-9-26-27(12-20)36-16-35-26)37(33,34)24-7-5-21(6-8-24)19(3)31/h4-13H,14-16H2,1-3H3,(H,29,32). The lowest BCUT2D eigenvalue weighted by Gasteiger charge is -2.23. The number of pyridine rings is 1. The Kier molecular flexibility index (Phi) is 6.35. The molecule has 0 saturated heterocycles. The van der Waals surface area contributed by atoms with E-state index in [1.165, 1.54) is 35.5 Å². The number of nitrogens with zero attached hydrogens (tertiary/aromatic N) is 1. The van der Waals surface area contributed by atoms with E-state index in [1.807, 2.05) is 26.0 Å². The van der Waals surface area contributed by atoms with E-state index in [0.717, 1.165) is 16.5 Å². The second kappa shape index (κ2) is 9.49. The van der Waals surface area contributed by atoms with Crippen molar-refractivity contribution in [3.8, 4) is 11.5 Å². The lowest BCUT2D eigenvalue weighted by Crippen LogP contribution is -2.32. The fourth-order valence-electron chi connectivity index (χ4n) is 4.31. The zero-order chi connectivity index (χ0) is 26.3. The van der Waals surface area contributed by atoms with Crippen LogP contribution < -0.4 is 15.0 Å². The van der Waals surface area contributed by atoms with E-state index in [1.54, 1.807) is 24.3 Å². The van der Waals surface area contributed by atoms with Gasteiger partial charge in [-0.1, -0.05) is 18.2 Å². The van der Waals surface area contributed by atoms with Gasteiger partial charge in [0.1, 0.15) is 0 Å². The maximum Gasteiger partial charge on any atom is 0.252 e. The summed E-state index contributed by atoms with van der Waals surface area (Å²) < 4.78 is 39.7. The normalized spacial score (nSPS) is 12.9. The van der Waals surface area contributed by atoms with Crippen LogP contribution in [0.4, 0.5) is 0 Å². The van der Waals surface area contributed by atoms with Crippen LogP contribution in [0.3, 0.4) is 0 Å². The van der Waals surface area contributed by atoms with Gasteiger partial charge in [-0.2, -0.15) is 4.31 Å². The summed E-state index contributed by atoms with van der Waals surface area (Å²) in [5.74, 6) is 0.971. The van der Waals surface area contributed by atoms with E-state index in [9.17, 15) is 18.0 Å². The third-order valence-corrected chi connectivity index (χ3v) is 8.38. The molecule has 9 heteroatoms. The molecule has 1 N–H and O–H groups in total. The Balaban J connectivity index is 1.56. The lowest BCUT2D eigenvalue weighted by atomic mass is 10.0. The highest BCUT2D eigenvalue weighted by atomic mass is 32.2. The van der Waals surface area contributed by atoms with Crippen LogP contribution in [0, 0.1) is 13.8 Å². The Bertz CT molecular complexity index is 1690. The average molecular weight is 519 g/mol. The molecular formula is C28H26N2O6S. The van der Waals surface area contributed by atoms with Crippen molar-refractivity contribution in [1.29, 1.82) is 0 Å². The topological polar surface area (TPSA) is 106 Å². The number of ether oxygens (including phenoxy) is 2. The van der Waals surface area contributed by atoms with Crippen molar-refractivity contribution in [3.63, 3.8) is 0 Å². The molecule has 0 fully saturated rings. The van der Waals surface area contributed by atoms with Gasteiger partial charge in [0, 0.05) is 29.7 Å². The second-order valence-corrected chi connectivity index (χ2v) is 11.1. The molecule has 0 aliphatic carbocycles. The van der Waals surface area contributed by atoms with Crippen LogP contribution in [0.2, 0.25) is 0 Å². The molecule has 1 aromatic heterocycles.